The first-order chi connectivity index (χ1) is 7.07. The molecule has 0 atom stereocenters. The number of hydrogen-bond donors (Lipinski definition) is 0. The third kappa shape index (κ3) is 2.32. The van der Waals surface area contributed by atoms with E-state index < -0.39 is 9.84 Å². The molecular formula is C9H10N2O2S2. The molecule has 0 radical (unpaired) electrons. The van der Waals surface area contributed by atoms with Crippen LogP contribution in [0.3, 0.4) is 0 Å². The lowest BCUT2D eigenvalue weighted by Crippen LogP contribution is -2.10. The Balaban J connectivity index is 2.27. The van der Waals surface area contributed by atoms with Crippen molar-refractivity contribution in [3.8, 4) is 0 Å². The summed E-state index contributed by atoms with van der Waals surface area (Å²) in [4.78, 5) is 0. The minimum Gasteiger partial charge on any atom is -0.253 e. The summed E-state index contributed by atoms with van der Waals surface area (Å²) in [6.45, 7) is 0. The van der Waals surface area contributed by atoms with Gasteiger partial charge < -0.3 is 0 Å². The van der Waals surface area contributed by atoms with E-state index in [0.717, 1.165) is 5.69 Å². The Kier molecular flexibility index (Phi) is 2.70. The molecule has 0 saturated heterocycles. The zero-order valence-corrected chi connectivity index (χ0v) is 9.75. The van der Waals surface area contributed by atoms with Gasteiger partial charge in [-0.05, 0) is 12.1 Å². The molecule has 1 aromatic rings. The maximum absolute atomic E-state index is 11.2. The fourth-order valence-corrected chi connectivity index (χ4v) is 3.04. The Morgan fingerprint density at radius 3 is 2.53 bits per heavy atom. The zero-order chi connectivity index (χ0) is 10.9. The Hall–Kier alpha value is -1.01. The van der Waals surface area contributed by atoms with E-state index in [1.165, 1.54) is 18.0 Å². The number of thioether (sulfide) groups is 1. The van der Waals surface area contributed by atoms with Crippen LogP contribution in [0.1, 0.15) is 0 Å². The van der Waals surface area contributed by atoms with Gasteiger partial charge in [-0.1, -0.05) is 30.0 Å². The molecule has 1 heterocycles. The molecule has 1 aromatic carbocycles. The van der Waals surface area contributed by atoms with Gasteiger partial charge >= 0.3 is 0 Å². The molecule has 15 heavy (non-hydrogen) atoms. The van der Waals surface area contributed by atoms with E-state index in [9.17, 15) is 8.42 Å². The molecule has 0 N–H and O–H groups in total. The van der Waals surface area contributed by atoms with Gasteiger partial charge in [-0.3, -0.25) is 5.01 Å². The monoisotopic (exact) mass is 242 g/mol. The minimum absolute atomic E-state index is 0.186. The van der Waals surface area contributed by atoms with Crippen LogP contribution in [0.2, 0.25) is 0 Å². The number of anilines is 1. The van der Waals surface area contributed by atoms with Crippen molar-refractivity contribution in [2.24, 2.45) is 5.10 Å². The molecule has 4 nitrogen and oxygen atoms in total. The number of benzene rings is 1. The average Bonchev–Trinajstić information content (AvgIpc) is 2.67. The van der Waals surface area contributed by atoms with Crippen LogP contribution < -0.4 is 5.01 Å². The molecule has 6 heteroatoms. The van der Waals surface area contributed by atoms with E-state index in [1.807, 2.05) is 30.3 Å². The van der Waals surface area contributed by atoms with Gasteiger partial charge in [-0.15, -0.1) is 0 Å². The van der Waals surface area contributed by atoms with E-state index in [2.05, 4.69) is 5.10 Å². The number of hydrogen-bond acceptors (Lipinski definition) is 5. The first-order valence-electron chi connectivity index (χ1n) is 4.31. The molecule has 0 saturated carbocycles. The van der Waals surface area contributed by atoms with Crippen molar-refractivity contribution in [2.45, 2.75) is 0 Å². The van der Waals surface area contributed by atoms with Gasteiger partial charge in [0, 0.05) is 6.26 Å². The largest absolute Gasteiger partial charge is 0.253 e. The second-order valence-corrected chi connectivity index (χ2v) is 6.27. The van der Waals surface area contributed by atoms with E-state index >= 15 is 0 Å². The van der Waals surface area contributed by atoms with Crippen LogP contribution in [0.25, 0.3) is 0 Å². The van der Waals surface area contributed by atoms with Crippen molar-refractivity contribution in [3.05, 3.63) is 30.3 Å². The van der Waals surface area contributed by atoms with Crippen molar-refractivity contribution in [1.29, 1.82) is 0 Å². The van der Waals surface area contributed by atoms with Crippen LogP contribution in [0.4, 0.5) is 5.69 Å². The van der Waals surface area contributed by atoms with Gasteiger partial charge in [0.25, 0.3) is 0 Å². The zero-order valence-electron chi connectivity index (χ0n) is 8.12. The predicted octanol–water partition coefficient (Wildman–Crippen LogP) is 1.51. The highest BCUT2D eigenvalue weighted by Gasteiger charge is 2.23. The van der Waals surface area contributed by atoms with Crippen LogP contribution >= 0.6 is 11.8 Å². The molecular weight excluding hydrogens is 232 g/mol. The quantitative estimate of drug-likeness (QED) is 0.749. The van der Waals surface area contributed by atoms with E-state index in [-0.39, 0.29) is 4.38 Å². The van der Waals surface area contributed by atoms with E-state index in [4.69, 9.17) is 0 Å². The SMILES string of the molecule is CS(=O)(=O)C1=NN(c2ccccc2)CS1. The highest BCUT2D eigenvalue weighted by atomic mass is 32.3. The van der Waals surface area contributed by atoms with E-state index in [1.54, 1.807) is 5.01 Å². The summed E-state index contributed by atoms with van der Waals surface area (Å²) < 4.78 is 22.7. The third-order valence-electron chi connectivity index (χ3n) is 1.88. The Bertz CT molecular complexity index is 482. The van der Waals surface area contributed by atoms with Crippen molar-refractivity contribution in [1.82, 2.24) is 0 Å². The van der Waals surface area contributed by atoms with Crippen LogP contribution in [0, 0.1) is 0 Å². The summed E-state index contributed by atoms with van der Waals surface area (Å²) in [5, 5.41) is 5.74. The molecule has 0 aromatic heterocycles. The molecule has 0 unspecified atom stereocenters. The maximum Gasteiger partial charge on any atom is 0.210 e. The molecule has 0 spiro atoms. The highest BCUT2D eigenvalue weighted by molar-refractivity contribution is 8.35. The van der Waals surface area contributed by atoms with E-state index in [0.29, 0.717) is 5.88 Å². The normalized spacial score (nSPS) is 16.6. The van der Waals surface area contributed by atoms with Crippen LogP contribution in [0.5, 0.6) is 0 Å². The number of hydrazone groups is 1. The molecule has 0 fully saturated rings. The Labute approximate surface area is 92.9 Å². The van der Waals surface area contributed by atoms with Gasteiger partial charge in [0.15, 0.2) is 0 Å². The van der Waals surface area contributed by atoms with Gasteiger partial charge in [0.2, 0.25) is 14.2 Å². The van der Waals surface area contributed by atoms with Gasteiger partial charge in [-0.25, -0.2) is 8.42 Å². The Morgan fingerprint density at radius 2 is 2.00 bits per heavy atom. The van der Waals surface area contributed by atoms with Crippen molar-refractivity contribution in [2.75, 3.05) is 17.1 Å². The van der Waals surface area contributed by atoms with Crippen molar-refractivity contribution < 1.29 is 8.42 Å². The van der Waals surface area contributed by atoms with Gasteiger partial charge in [-0.2, -0.15) is 5.10 Å². The Morgan fingerprint density at radius 1 is 1.33 bits per heavy atom. The molecule has 80 valence electrons. The van der Waals surface area contributed by atoms with Gasteiger partial charge in [0.1, 0.15) is 0 Å². The van der Waals surface area contributed by atoms with Gasteiger partial charge in [0.05, 0.1) is 11.6 Å². The smallest absolute Gasteiger partial charge is 0.210 e. The summed E-state index contributed by atoms with van der Waals surface area (Å²) in [6, 6.07) is 9.50. The number of rotatable bonds is 1. The second-order valence-electron chi connectivity index (χ2n) is 3.15. The summed E-state index contributed by atoms with van der Waals surface area (Å²) in [5.74, 6) is 0.548. The van der Waals surface area contributed by atoms with Crippen molar-refractivity contribution in [3.63, 3.8) is 0 Å². The number of sulfone groups is 1. The second kappa shape index (κ2) is 3.86. The average molecular weight is 242 g/mol. The molecule has 0 aliphatic carbocycles. The summed E-state index contributed by atoms with van der Waals surface area (Å²) in [7, 11) is -3.17. The van der Waals surface area contributed by atoms with Crippen molar-refractivity contribution >= 4 is 31.7 Å². The molecule has 1 aliphatic rings. The van der Waals surface area contributed by atoms with Crippen LogP contribution in [0.15, 0.2) is 35.4 Å². The first kappa shape index (κ1) is 10.5. The predicted molar refractivity (Wildman–Crippen MR) is 63.7 cm³/mol. The standard InChI is InChI=1S/C9H10N2O2S2/c1-15(12,13)9-10-11(7-14-9)8-5-3-2-4-6-8/h2-6H,7H2,1H3. The minimum atomic E-state index is -3.17. The summed E-state index contributed by atoms with van der Waals surface area (Å²) >= 11 is 1.24. The molecule has 2 rings (SSSR count). The fourth-order valence-electron chi connectivity index (χ4n) is 1.19. The lowest BCUT2D eigenvalue weighted by Gasteiger charge is -2.11. The highest BCUT2D eigenvalue weighted by Crippen LogP contribution is 2.25. The lowest BCUT2D eigenvalue weighted by molar-refractivity contribution is 0.613. The summed E-state index contributed by atoms with van der Waals surface area (Å²) in [6.07, 6.45) is 1.17. The van der Waals surface area contributed by atoms with Crippen LogP contribution in [-0.4, -0.2) is 24.9 Å². The van der Waals surface area contributed by atoms with Crippen LogP contribution in [-0.2, 0) is 9.84 Å². The maximum atomic E-state index is 11.2. The fraction of sp³-hybridized carbons (Fsp3) is 0.222. The lowest BCUT2D eigenvalue weighted by atomic mass is 10.3. The molecule has 0 bridgehead atoms. The molecule has 0 amide bonds. The number of para-hydroxylation sites is 1. The summed E-state index contributed by atoms with van der Waals surface area (Å²) in [5.41, 5.74) is 0.906. The molecule has 1 aliphatic heterocycles. The number of nitrogens with zero attached hydrogens (tertiary/aromatic N) is 2. The third-order valence-corrected chi connectivity index (χ3v) is 4.56. The topological polar surface area (TPSA) is 49.7 Å². The first-order valence-corrected chi connectivity index (χ1v) is 7.19.